The van der Waals surface area contributed by atoms with Crippen molar-refractivity contribution in [1.29, 1.82) is 0 Å². The minimum atomic E-state index is -0.496. The van der Waals surface area contributed by atoms with Crippen molar-refractivity contribution in [1.82, 2.24) is 0 Å². The highest BCUT2D eigenvalue weighted by atomic mass is 16.5. The van der Waals surface area contributed by atoms with Gasteiger partial charge in [0.2, 0.25) is 0 Å². The van der Waals surface area contributed by atoms with E-state index in [0.29, 0.717) is 6.42 Å². The lowest BCUT2D eigenvalue weighted by atomic mass is 9.97. The van der Waals surface area contributed by atoms with Crippen LogP contribution in [0.4, 0.5) is 0 Å². The normalized spacial score (nSPS) is 12.2. The van der Waals surface area contributed by atoms with Crippen LogP contribution in [0, 0.1) is 13.8 Å². The average molecular weight is 270 g/mol. The van der Waals surface area contributed by atoms with Crippen molar-refractivity contribution in [3.8, 4) is 5.75 Å². The Bertz CT molecular complexity index is 561. The molecule has 0 aliphatic carbocycles. The second kappa shape index (κ2) is 6.58. The number of aryl methyl sites for hydroxylation is 2. The summed E-state index contributed by atoms with van der Waals surface area (Å²) >= 11 is 0. The Kier molecular flexibility index (Phi) is 4.80. The molecular formula is C18H22O2. The zero-order valence-corrected chi connectivity index (χ0v) is 12.4. The third-order valence-corrected chi connectivity index (χ3v) is 3.82. The molecule has 1 unspecified atom stereocenters. The lowest BCUT2D eigenvalue weighted by Crippen LogP contribution is -2.04. The minimum absolute atomic E-state index is 0.496. The van der Waals surface area contributed by atoms with Gasteiger partial charge in [-0.2, -0.15) is 0 Å². The molecule has 0 bridgehead atoms. The van der Waals surface area contributed by atoms with E-state index in [1.165, 1.54) is 11.1 Å². The predicted molar refractivity (Wildman–Crippen MR) is 82.2 cm³/mol. The monoisotopic (exact) mass is 270 g/mol. The molecule has 0 aliphatic rings. The highest BCUT2D eigenvalue weighted by Gasteiger charge is 2.16. The first-order chi connectivity index (χ1) is 9.63. The van der Waals surface area contributed by atoms with Crippen molar-refractivity contribution in [2.45, 2.75) is 32.8 Å². The maximum absolute atomic E-state index is 10.4. The second-order valence-corrected chi connectivity index (χ2v) is 5.17. The molecule has 1 N–H and O–H groups in total. The molecule has 2 nitrogen and oxygen atoms in total. The molecule has 2 heteroatoms. The van der Waals surface area contributed by atoms with E-state index in [2.05, 4.69) is 19.1 Å². The molecule has 0 aliphatic heterocycles. The first-order valence-corrected chi connectivity index (χ1v) is 6.99. The van der Waals surface area contributed by atoms with Crippen LogP contribution in [-0.2, 0) is 6.42 Å². The van der Waals surface area contributed by atoms with Crippen molar-refractivity contribution < 1.29 is 9.84 Å². The first kappa shape index (κ1) is 14.6. The van der Waals surface area contributed by atoms with Crippen LogP contribution in [0.5, 0.6) is 5.75 Å². The fourth-order valence-electron chi connectivity index (χ4n) is 2.45. The Morgan fingerprint density at radius 2 is 1.75 bits per heavy atom. The van der Waals surface area contributed by atoms with Gasteiger partial charge in [-0.05, 0) is 43.4 Å². The van der Waals surface area contributed by atoms with Crippen molar-refractivity contribution in [2.75, 3.05) is 7.11 Å². The van der Waals surface area contributed by atoms with Gasteiger partial charge >= 0.3 is 0 Å². The van der Waals surface area contributed by atoms with E-state index in [-0.39, 0.29) is 0 Å². The third kappa shape index (κ3) is 3.20. The van der Waals surface area contributed by atoms with E-state index in [1.54, 1.807) is 7.11 Å². The van der Waals surface area contributed by atoms with Crippen molar-refractivity contribution >= 4 is 0 Å². The van der Waals surface area contributed by atoms with Crippen molar-refractivity contribution in [3.63, 3.8) is 0 Å². The fraction of sp³-hybridized carbons (Fsp3) is 0.333. The number of hydrogen-bond donors (Lipinski definition) is 1. The Morgan fingerprint density at radius 3 is 2.40 bits per heavy atom. The van der Waals surface area contributed by atoms with Gasteiger partial charge in [-0.15, -0.1) is 0 Å². The standard InChI is InChI=1S/C18H22O2/c1-13-9-11-16(18(20-3)14(13)2)17(19)12-10-15-7-5-4-6-8-15/h4-9,11,17,19H,10,12H2,1-3H3. The largest absolute Gasteiger partial charge is 0.496 e. The molecule has 0 radical (unpaired) electrons. The number of benzene rings is 2. The van der Waals surface area contributed by atoms with Gasteiger partial charge in [0, 0.05) is 5.56 Å². The summed E-state index contributed by atoms with van der Waals surface area (Å²) in [6.45, 7) is 4.08. The van der Waals surface area contributed by atoms with Crippen molar-refractivity contribution in [2.24, 2.45) is 0 Å². The van der Waals surface area contributed by atoms with Gasteiger partial charge in [0.1, 0.15) is 5.75 Å². The van der Waals surface area contributed by atoms with Crippen LogP contribution in [0.15, 0.2) is 42.5 Å². The van der Waals surface area contributed by atoms with Crippen LogP contribution >= 0.6 is 0 Å². The Hall–Kier alpha value is -1.80. The minimum Gasteiger partial charge on any atom is -0.496 e. The molecule has 106 valence electrons. The molecule has 0 heterocycles. The topological polar surface area (TPSA) is 29.5 Å². The lowest BCUT2D eigenvalue weighted by Gasteiger charge is -2.18. The van der Waals surface area contributed by atoms with Crippen LogP contribution in [0.2, 0.25) is 0 Å². The molecule has 0 saturated heterocycles. The summed E-state index contributed by atoms with van der Waals surface area (Å²) in [6, 6.07) is 14.2. The van der Waals surface area contributed by atoms with E-state index in [1.807, 2.05) is 37.3 Å². The van der Waals surface area contributed by atoms with Gasteiger partial charge in [-0.3, -0.25) is 0 Å². The zero-order chi connectivity index (χ0) is 14.5. The molecule has 0 fully saturated rings. The SMILES string of the molecule is COc1c(C(O)CCc2ccccc2)ccc(C)c1C. The van der Waals surface area contributed by atoms with E-state index in [0.717, 1.165) is 23.3 Å². The molecule has 20 heavy (non-hydrogen) atoms. The summed E-state index contributed by atoms with van der Waals surface area (Å²) in [5.41, 5.74) is 4.41. The van der Waals surface area contributed by atoms with Crippen molar-refractivity contribution in [3.05, 3.63) is 64.7 Å². The zero-order valence-electron chi connectivity index (χ0n) is 12.4. The van der Waals surface area contributed by atoms with E-state index < -0.39 is 6.10 Å². The highest BCUT2D eigenvalue weighted by molar-refractivity contribution is 5.46. The number of ether oxygens (including phenoxy) is 1. The summed E-state index contributed by atoms with van der Waals surface area (Å²) in [4.78, 5) is 0. The molecule has 0 aromatic heterocycles. The summed E-state index contributed by atoms with van der Waals surface area (Å²) in [5, 5.41) is 10.4. The summed E-state index contributed by atoms with van der Waals surface area (Å²) in [6.07, 6.45) is 1.06. The molecule has 0 spiro atoms. The molecule has 0 saturated carbocycles. The predicted octanol–water partition coefficient (Wildman–Crippen LogP) is 3.98. The van der Waals surface area contributed by atoms with Crippen LogP contribution in [0.25, 0.3) is 0 Å². The quantitative estimate of drug-likeness (QED) is 0.890. The van der Waals surface area contributed by atoms with Crippen LogP contribution in [0.1, 0.15) is 34.8 Å². The lowest BCUT2D eigenvalue weighted by molar-refractivity contribution is 0.163. The Labute approximate surface area is 121 Å². The van der Waals surface area contributed by atoms with Gasteiger partial charge < -0.3 is 9.84 Å². The molecule has 2 aromatic carbocycles. The summed E-state index contributed by atoms with van der Waals surface area (Å²) in [5.74, 6) is 0.811. The van der Waals surface area contributed by atoms with Gasteiger partial charge in [0.15, 0.2) is 0 Å². The molecule has 2 aromatic rings. The molecule has 0 amide bonds. The van der Waals surface area contributed by atoms with Gasteiger partial charge in [-0.1, -0.05) is 42.5 Å². The fourth-order valence-corrected chi connectivity index (χ4v) is 2.45. The van der Waals surface area contributed by atoms with E-state index in [4.69, 9.17) is 4.74 Å². The van der Waals surface area contributed by atoms with Crippen LogP contribution in [0.3, 0.4) is 0 Å². The maximum Gasteiger partial charge on any atom is 0.127 e. The van der Waals surface area contributed by atoms with E-state index in [9.17, 15) is 5.11 Å². The Balaban J connectivity index is 2.13. The van der Waals surface area contributed by atoms with Gasteiger partial charge in [0.05, 0.1) is 13.2 Å². The second-order valence-electron chi connectivity index (χ2n) is 5.17. The molecule has 1 atom stereocenters. The maximum atomic E-state index is 10.4. The van der Waals surface area contributed by atoms with Gasteiger partial charge in [-0.25, -0.2) is 0 Å². The molecule has 2 rings (SSSR count). The smallest absolute Gasteiger partial charge is 0.127 e. The number of methoxy groups -OCH3 is 1. The van der Waals surface area contributed by atoms with Crippen LogP contribution < -0.4 is 4.74 Å². The number of hydrogen-bond acceptors (Lipinski definition) is 2. The molecular weight excluding hydrogens is 248 g/mol. The van der Waals surface area contributed by atoms with Gasteiger partial charge in [0.25, 0.3) is 0 Å². The van der Waals surface area contributed by atoms with Crippen LogP contribution in [-0.4, -0.2) is 12.2 Å². The average Bonchev–Trinajstić information content (AvgIpc) is 2.48. The first-order valence-electron chi connectivity index (χ1n) is 6.99. The highest BCUT2D eigenvalue weighted by Crippen LogP contribution is 2.32. The third-order valence-electron chi connectivity index (χ3n) is 3.82. The Morgan fingerprint density at radius 1 is 1.05 bits per heavy atom. The number of aliphatic hydroxyl groups excluding tert-OH is 1. The van der Waals surface area contributed by atoms with E-state index >= 15 is 0 Å². The number of rotatable bonds is 5. The number of aliphatic hydroxyl groups is 1. The summed E-state index contributed by atoms with van der Waals surface area (Å²) in [7, 11) is 1.66. The summed E-state index contributed by atoms with van der Waals surface area (Å²) < 4.78 is 5.47.